The van der Waals surface area contributed by atoms with E-state index in [0.29, 0.717) is 13.1 Å². The lowest BCUT2D eigenvalue weighted by Crippen LogP contribution is -2.40. The van der Waals surface area contributed by atoms with Crippen molar-refractivity contribution in [3.8, 4) is 5.75 Å². The fourth-order valence-corrected chi connectivity index (χ4v) is 0.868. The molecule has 0 aliphatic carbocycles. The van der Waals surface area contributed by atoms with Crippen molar-refractivity contribution in [3.05, 3.63) is 30.3 Å². The lowest BCUT2D eigenvalue weighted by atomic mass is 10.3. The molecule has 4 amide bonds. The second-order valence-electron chi connectivity index (χ2n) is 3.77. The van der Waals surface area contributed by atoms with Crippen molar-refractivity contribution in [1.82, 2.24) is 10.0 Å². The number of nitrogens with two attached hydrogens (primary N) is 4. The summed E-state index contributed by atoms with van der Waals surface area (Å²) in [7, 11) is 1.66. The molecule has 0 aliphatic heterocycles. The smallest absolute Gasteiger partial charge is 0.328 e. The van der Waals surface area contributed by atoms with E-state index < -0.39 is 12.1 Å². The maximum Gasteiger partial charge on any atom is 0.328 e. The standard InChI is InChI=1S/C7H8O.2C3H9N3O/c1-8-7-5-3-2-4-6-7;2*1-2-6(5)3(4)7/h2-6H,1H3;2*2,5H2,1H3,(H2,4,7). The van der Waals surface area contributed by atoms with Crippen LogP contribution >= 0.6 is 0 Å². The molecule has 0 unspecified atom stereocenters. The third-order valence-corrected chi connectivity index (χ3v) is 2.23. The maximum absolute atomic E-state index is 9.95. The molecule has 9 nitrogen and oxygen atoms in total. The van der Waals surface area contributed by atoms with E-state index in [1.165, 1.54) is 0 Å². The number of nitrogens with zero attached hydrogens (tertiary/aromatic N) is 2. The average molecular weight is 314 g/mol. The van der Waals surface area contributed by atoms with E-state index in [4.69, 9.17) is 27.9 Å². The molecule has 1 aromatic carbocycles. The predicted molar refractivity (Wildman–Crippen MR) is 85.3 cm³/mol. The van der Waals surface area contributed by atoms with Crippen molar-refractivity contribution < 1.29 is 14.3 Å². The summed E-state index contributed by atoms with van der Waals surface area (Å²) >= 11 is 0. The first-order chi connectivity index (χ1) is 10.3. The number of para-hydroxylation sites is 1. The number of urea groups is 2. The van der Waals surface area contributed by atoms with Gasteiger partial charge in [0.05, 0.1) is 7.11 Å². The molecule has 1 rings (SSSR count). The van der Waals surface area contributed by atoms with Gasteiger partial charge in [0, 0.05) is 13.1 Å². The number of methoxy groups -OCH3 is 1. The van der Waals surface area contributed by atoms with Gasteiger partial charge in [-0.1, -0.05) is 18.2 Å². The zero-order valence-corrected chi connectivity index (χ0v) is 13.2. The van der Waals surface area contributed by atoms with Gasteiger partial charge in [0.1, 0.15) is 5.75 Å². The Labute approximate surface area is 130 Å². The first kappa shape index (κ1) is 21.8. The summed E-state index contributed by atoms with van der Waals surface area (Å²) in [5, 5.41) is 1.86. The molecule has 1 aromatic rings. The van der Waals surface area contributed by atoms with Crippen LogP contribution in [0.3, 0.4) is 0 Å². The first-order valence-corrected chi connectivity index (χ1v) is 6.52. The van der Waals surface area contributed by atoms with Gasteiger partial charge in [-0.15, -0.1) is 0 Å². The normalized spacial score (nSPS) is 8.41. The molecular formula is C13H26N6O3. The average Bonchev–Trinajstić information content (AvgIpc) is 2.54. The Morgan fingerprint density at radius 2 is 1.32 bits per heavy atom. The Balaban J connectivity index is 0. The third-order valence-electron chi connectivity index (χ3n) is 2.23. The van der Waals surface area contributed by atoms with Gasteiger partial charge in [-0.3, -0.25) is 10.0 Å². The Bertz CT molecular complexity index is 395. The minimum Gasteiger partial charge on any atom is -0.497 e. The number of amides is 4. The number of primary amides is 2. The number of hydrazine groups is 2. The van der Waals surface area contributed by atoms with Gasteiger partial charge in [-0.2, -0.15) is 0 Å². The predicted octanol–water partition coefficient (Wildman–Crippen LogP) is 0.217. The van der Waals surface area contributed by atoms with Crippen molar-refractivity contribution in [2.24, 2.45) is 23.2 Å². The van der Waals surface area contributed by atoms with Crippen LogP contribution in [0.5, 0.6) is 5.75 Å². The second-order valence-corrected chi connectivity index (χ2v) is 3.77. The van der Waals surface area contributed by atoms with Gasteiger partial charge in [-0.05, 0) is 26.0 Å². The van der Waals surface area contributed by atoms with Crippen molar-refractivity contribution in [3.63, 3.8) is 0 Å². The Morgan fingerprint density at radius 1 is 0.955 bits per heavy atom. The van der Waals surface area contributed by atoms with Crippen LogP contribution in [-0.2, 0) is 0 Å². The van der Waals surface area contributed by atoms with E-state index in [2.05, 4.69) is 0 Å². The summed E-state index contributed by atoms with van der Waals surface area (Å²) in [5.41, 5.74) is 9.42. The number of carbonyl (C=O) groups excluding carboxylic acids is 2. The molecule has 0 heterocycles. The number of hydrogen-bond donors (Lipinski definition) is 4. The van der Waals surface area contributed by atoms with E-state index >= 15 is 0 Å². The lowest BCUT2D eigenvalue weighted by Gasteiger charge is -2.07. The van der Waals surface area contributed by atoms with Crippen LogP contribution in [-0.4, -0.2) is 42.3 Å². The zero-order chi connectivity index (χ0) is 17.5. The molecule has 126 valence electrons. The topological polar surface area (TPSA) is 154 Å². The van der Waals surface area contributed by atoms with E-state index in [0.717, 1.165) is 15.8 Å². The van der Waals surface area contributed by atoms with Crippen molar-refractivity contribution >= 4 is 12.1 Å². The highest BCUT2D eigenvalue weighted by molar-refractivity contribution is 5.71. The largest absolute Gasteiger partial charge is 0.497 e. The van der Waals surface area contributed by atoms with Gasteiger partial charge in [0.2, 0.25) is 0 Å². The van der Waals surface area contributed by atoms with E-state index in [-0.39, 0.29) is 0 Å². The second kappa shape index (κ2) is 13.5. The highest BCUT2D eigenvalue weighted by atomic mass is 16.5. The lowest BCUT2D eigenvalue weighted by molar-refractivity contribution is 0.211. The van der Waals surface area contributed by atoms with Gasteiger partial charge < -0.3 is 16.2 Å². The molecule has 22 heavy (non-hydrogen) atoms. The zero-order valence-electron chi connectivity index (χ0n) is 13.2. The summed E-state index contributed by atoms with van der Waals surface area (Å²) in [6, 6.07) is 8.49. The highest BCUT2D eigenvalue weighted by Crippen LogP contribution is 2.05. The van der Waals surface area contributed by atoms with Crippen LogP contribution in [0, 0.1) is 0 Å². The molecule has 0 saturated heterocycles. The van der Waals surface area contributed by atoms with Crippen LogP contribution in [0.15, 0.2) is 30.3 Å². The molecule has 9 heteroatoms. The highest BCUT2D eigenvalue weighted by Gasteiger charge is 1.96. The molecule has 0 aromatic heterocycles. The molecule has 8 N–H and O–H groups in total. The monoisotopic (exact) mass is 314 g/mol. The Kier molecular flexibility index (Phi) is 13.3. The minimum absolute atomic E-state index is 0.454. The molecule has 0 radical (unpaired) electrons. The Morgan fingerprint density at radius 3 is 1.45 bits per heavy atom. The quantitative estimate of drug-likeness (QED) is 0.357. The molecule has 0 spiro atoms. The number of rotatable bonds is 3. The summed E-state index contributed by atoms with van der Waals surface area (Å²) in [6.45, 7) is 4.39. The van der Waals surface area contributed by atoms with Crippen LogP contribution < -0.4 is 27.9 Å². The minimum atomic E-state index is -0.595. The molecule has 0 fully saturated rings. The summed E-state index contributed by atoms with van der Waals surface area (Å²) < 4.78 is 4.91. The van der Waals surface area contributed by atoms with Gasteiger partial charge in [-0.25, -0.2) is 21.3 Å². The van der Waals surface area contributed by atoms with Crippen molar-refractivity contribution in [2.75, 3.05) is 20.2 Å². The summed E-state index contributed by atoms with van der Waals surface area (Å²) in [5.74, 6) is 10.9. The molecular weight excluding hydrogens is 288 g/mol. The van der Waals surface area contributed by atoms with Crippen LogP contribution in [0.2, 0.25) is 0 Å². The van der Waals surface area contributed by atoms with Crippen LogP contribution in [0.25, 0.3) is 0 Å². The summed E-state index contributed by atoms with van der Waals surface area (Å²) in [6.07, 6.45) is 0. The number of benzene rings is 1. The van der Waals surface area contributed by atoms with E-state index in [1.807, 2.05) is 30.3 Å². The SMILES string of the molecule is CCN(N)C(N)=O.CCN(N)C(N)=O.COc1ccccc1. The molecule has 0 atom stereocenters. The third kappa shape index (κ3) is 12.5. The van der Waals surface area contributed by atoms with Gasteiger partial charge >= 0.3 is 12.1 Å². The maximum atomic E-state index is 9.95. The molecule has 0 bridgehead atoms. The van der Waals surface area contributed by atoms with Crippen LogP contribution in [0.4, 0.5) is 9.59 Å². The van der Waals surface area contributed by atoms with E-state index in [9.17, 15) is 9.59 Å². The van der Waals surface area contributed by atoms with Crippen LogP contribution in [0.1, 0.15) is 13.8 Å². The van der Waals surface area contributed by atoms with Gasteiger partial charge in [0.25, 0.3) is 0 Å². The Hall–Kier alpha value is -2.52. The number of hydrogen-bond acceptors (Lipinski definition) is 5. The van der Waals surface area contributed by atoms with Gasteiger partial charge in [0.15, 0.2) is 0 Å². The van der Waals surface area contributed by atoms with Crippen molar-refractivity contribution in [1.29, 1.82) is 0 Å². The van der Waals surface area contributed by atoms with Crippen molar-refractivity contribution in [2.45, 2.75) is 13.8 Å². The fraction of sp³-hybridized carbons (Fsp3) is 0.385. The summed E-state index contributed by atoms with van der Waals surface area (Å²) in [4.78, 5) is 19.9. The molecule has 0 saturated carbocycles. The fourth-order valence-electron chi connectivity index (χ4n) is 0.868. The number of ether oxygens (including phenoxy) is 1. The van der Waals surface area contributed by atoms with E-state index in [1.54, 1.807) is 21.0 Å². The number of carbonyl (C=O) groups is 2. The molecule has 0 aliphatic rings. The first-order valence-electron chi connectivity index (χ1n) is 6.52.